The van der Waals surface area contributed by atoms with Crippen molar-refractivity contribution in [1.29, 1.82) is 0 Å². The van der Waals surface area contributed by atoms with E-state index in [1.165, 1.54) is 0 Å². The standard InChI is InChI=1S/C26H29FN6O2/c1-4-24(34)33-23(15-27)22(14-9-17(2)3)32(26(33)35)16-18-10-12-19(13-11-18)20-7-5-6-8-21(20)25-28-30-31-29-25/h5-8,10-13,17H,4,9,14-16H2,1-3H3,(H,28,29,30,31). The smallest absolute Gasteiger partial charge is 0.291 e. The maximum Gasteiger partial charge on any atom is 0.335 e. The first-order valence-electron chi connectivity index (χ1n) is 11.8. The van der Waals surface area contributed by atoms with E-state index >= 15 is 0 Å². The molecule has 0 fully saturated rings. The highest BCUT2D eigenvalue weighted by molar-refractivity contribution is 5.80. The third-order valence-electron chi connectivity index (χ3n) is 6.12. The third-order valence-corrected chi connectivity index (χ3v) is 6.12. The summed E-state index contributed by atoms with van der Waals surface area (Å²) in [5.74, 6) is 0.572. The average molecular weight is 477 g/mol. The molecular formula is C26H29FN6O2. The largest absolute Gasteiger partial charge is 0.335 e. The van der Waals surface area contributed by atoms with Gasteiger partial charge in [0.2, 0.25) is 5.91 Å². The summed E-state index contributed by atoms with van der Waals surface area (Å²) in [6, 6.07) is 15.6. The molecule has 35 heavy (non-hydrogen) atoms. The van der Waals surface area contributed by atoms with Crippen molar-refractivity contribution in [1.82, 2.24) is 29.8 Å². The van der Waals surface area contributed by atoms with Crippen LogP contribution in [0.25, 0.3) is 22.5 Å². The average Bonchev–Trinajstić information content (AvgIpc) is 3.50. The first kappa shape index (κ1) is 24.3. The summed E-state index contributed by atoms with van der Waals surface area (Å²) in [6.07, 6.45) is 1.46. The molecule has 0 atom stereocenters. The number of carbonyl (C=O) groups excluding carboxylic acids is 1. The highest BCUT2D eigenvalue weighted by Gasteiger charge is 2.23. The van der Waals surface area contributed by atoms with Gasteiger partial charge in [0, 0.05) is 17.7 Å². The van der Waals surface area contributed by atoms with Gasteiger partial charge in [0.15, 0.2) is 5.82 Å². The molecule has 182 valence electrons. The van der Waals surface area contributed by atoms with E-state index in [1.807, 2.05) is 48.5 Å². The number of hydrogen-bond acceptors (Lipinski definition) is 5. The predicted molar refractivity (Wildman–Crippen MR) is 132 cm³/mol. The van der Waals surface area contributed by atoms with Crippen molar-refractivity contribution in [2.75, 3.05) is 0 Å². The van der Waals surface area contributed by atoms with Gasteiger partial charge in [-0.25, -0.2) is 18.9 Å². The van der Waals surface area contributed by atoms with Gasteiger partial charge >= 0.3 is 5.69 Å². The van der Waals surface area contributed by atoms with Crippen molar-refractivity contribution in [3.8, 4) is 22.5 Å². The number of aromatic nitrogens is 6. The fraction of sp³-hybridized carbons (Fsp3) is 0.346. The van der Waals surface area contributed by atoms with Gasteiger partial charge in [-0.2, -0.15) is 0 Å². The van der Waals surface area contributed by atoms with Crippen LogP contribution < -0.4 is 5.69 Å². The van der Waals surface area contributed by atoms with Crippen molar-refractivity contribution in [2.45, 2.75) is 53.3 Å². The highest BCUT2D eigenvalue weighted by atomic mass is 19.1. The number of tetrazole rings is 1. The van der Waals surface area contributed by atoms with Gasteiger partial charge in [0.25, 0.3) is 0 Å². The Morgan fingerprint density at radius 2 is 1.77 bits per heavy atom. The predicted octanol–water partition coefficient (Wildman–Crippen LogP) is 4.65. The molecule has 0 saturated carbocycles. The zero-order chi connectivity index (χ0) is 24.9. The Kier molecular flexibility index (Phi) is 7.33. The fourth-order valence-corrected chi connectivity index (χ4v) is 4.24. The van der Waals surface area contributed by atoms with Gasteiger partial charge in [-0.15, -0.1) is 5.10 Å². The Balaban J connectivity index is 1.69. The monoisotopic (exact) mass is 476 g/mol. The second-order valence-electron chi connectivity index (χ2n) is 8.90. The minimum absolute atomic E-state index is 0.134. The van der Waals surface area contributed by atoms with E-state index in [2.05, 4.69) is 34.5 Å². The summed E-state index contributed by atoms with van der Waals surface area (Å²) in [6.45, 7) is 5.24. The van der Waals surface area contributed by atoms with Crippen molar-refractivity contribution >= 4 is 5.91 Å². The van der Waals surface area contributed by atoms with E-state index in [9.17, 15) is 14.0 Å². The van der Waals surface area contributed by atoms with Crippen LogP contribution in [0.5, 0.6) is 0 Å². The molecule has 0 saturated heterocycles. The molecule has 2 heterocycles. The Bertz CT molecular complexity index is 1350. The van der Waals surface area contributed by atoms with Gasteiger partial charge in [-0.05, 0) is 45.9 Å². The summed E-state index contributed by atoms with van der Waals surface area (Å²) in [4.78, 5) is 25.7. The number of rotatable bonds is 9. The summed E-state index contributed by atoms with van der Waals surface area (Å²) >= 11 is 0. The molecule has 2 aromatic carbocycles. The zero-order valence-corrected chi connectivity index (χ0v) is 20.2. The number of nitrogens with zero attached hydrogens (tertiary/aromatic N) is 5. The number of nitrogens with one attached hydrogen (secondary N) is 1. The third kappa shape index (κ3) is 4.99. The number of hydrogen-bond donors (Lipinski definition) is 1. The van der Waals surface area contributed by atoms with Crippen LogP contribution in [-0.4, -0.2) is 35.7 Å². The number of aromatic amines is 1. The normalized spacial score (nSPS) is 11.3. The summed E-state index contributed by atoms with van der Waals surface area (Å²) < 4.78 is 16.6. The van der Waals surface area contributed by atoms with Crippen molar-refractivity contribution in [2.24, 2.45) is 5.92 Å². The molecule has 9 heteroatoms. The SMILES string of the molecule is CCC(=O)n1c(CF)c(CCC(C)C)n(Cc2ccc(-c3ccccc3-c3nnn[nH]3)cc2)c1=O. The van der Waals surface area contributed by atoms with Crippen LogP contribution >= 0.6 is 0 Å². The van der Waals surface area contributed by atoms with Gasteiger partial charge in [-0.3, -0.25) is 9.36 Å². The summed E-state index contributed by atoms with van der Waals surface area (Å²) in [7, 11) is 0. The molecule has 0 aliphatic heterocycles. The Morgan fingerprint density at radius 1 is 1.06 bits per heavy atom. The summed E-state index contributed by atoms with van der Waals surface area (Å²) in [5, 5.41) is 14.1. The lowest BCUT2D eigenvalue weighted by atomic mass is 9.98. The lowest BCUT2D eigenvalue weighted by Crippen LogP contribution is -2.30. The molecule has 0 aliphatic carbocycles. The topological polar surface area (TPSA) is 98.5 Å². The first-order valence-corrected chi connectivity index (χ1v) is 11.8. The summed E-state index contributed by atoms with van der Waals surface area (Å²) in [5.41, 5.74) is 3.99. The quantitative estimate of drug-likeness (QED) is 0.379. The molecule has 0 spiro atoms. The number of benzene rings is 2. The minimum Gasteiger partial charge on any atom is -0.291 e. The number of H-pyrrole nitrogens is 1. The van der Waals surface area contributed by atoms with Crippen molar-refractivity contribution in [3.05, 3.63) is 76.0 Å². The van der Waals surface area contributed by atoms with Crippen molar-refractivity contribution < 1.29 is 9.18 Å². The van der Waals surface area contributed by atoms with Gasteiger partial charge in [0.1, 0.15) is 6.67 Å². The molecule has 0 radical (unpaired) electrons. The van der Waals surface area contributed by atoms with Crippen LogP contribution in [0.4, 0.5) is 4.39 Å². The van der Waals surface area contributed by atoms with Gasteiger partial charge in [0.05, 0.1) is 12.2 Å². The van der Waals surface area contributed by atoms with Crippen LogP contribution in [0, 0.1) is 5.92 Å². The molecule has 0 unspecified atom stereocenters. The molecule has 1 N–H and O–H groups in total. The molecule has 2 aromatic heterocycles. The van der Waals surface area contributed by atoms with E-state index in [1.54, 1.807) is 11.5 Å². The maximum atomic E-state index is 14.1. The second kappa shape index (κ2) is 10.6. The maximum absolute atomic E-state index is 14.1. The van der Waals surface area contributed by atoms with Crippen LogP contribution in [0.1, 0.15) is 55.4 Å². The number of imidazole rings is 1. The van der Waals surface area contributed by atoms with E-state index in [4.69, 9.17) is 0 Å². The number of alkyl halides is 1. The van der Waals surface area contributed by atoms with Crippen LogP contribution in [0.2, 0.25) is 0 Å². The lowest BCUT2D eigenvalue weighted by molar-refractivity contribution is 0.0898. The fourth-order valence-electron chi connectivity index (χ4n) is 4.24. The first-order chi connectivity index (χ1) is 16.9. The van der Waals surface area contributed by atoms with Crippen LogP contribution in [-0.2, 0) is 19.6 Å². The van der Waals surface area contributed by atoms with E-state index in [0.29, 0.717) is 23.9 Å². The van der Waals surface area contributed by atoms with Crippen molar-refractivity contribution in [3.63, 3.8) is 0 Å². The molecule has 8 nitrogen and oxygen atoms in total. The lowest BCUT2D eigenvalue weighted by Gasteiger charge is -2.12. The minimum atomic E-state index is -0.854. The molecule has 0 aliphatic rings. The second-order valence-corrected chi connectivity index (χ2v) is 8.90. The Morgan fingerprint density at radius 3 is 2.37 bits per heavy atom. The van der Waals surface area contributed by atoms with E-state index in [0.717, 1.165) is 33.2 Å². The molecule has 0 bridgehead atoms. The van der Waals surface area contributed by atoms with Gasteiger partial charge in [-0.1, -0.05) is 69.3 Å². The highest BCUT2D eigenvalue weighted by Crippen LogP contribution is 2.30. The van der Waals surface area contributed by atoms with E-state index in [-0.39, 0.29) is 24.6 Å². The van der Waals surface area contributed by atoms with Crippen LogP contribution in [0.3, 0.4) is 0 Å². The van der Waals surface area contributed by atoms with Gasteiger partial charge < -0.3 is 0 Å². The number of carbonyl (C=O) groups is 1. The Labute approximate surface area is 202 Å². The van der Waals surface area contributed by atoms with Crippen LogP contribution in [0.15, 0.2) is 53.3 Å². The molecular weight excluding hydrogens is 447 g/mol. The zero-order valence-electron chi connectivity index (χ0n) is 20.2. The number of halogens is 1. The molecule has 0 amide bonds. The molecule has 4 aromatic rings. The van der Waals surface area contributed by atoms with E-state index < -0.39 is 12.4 Å². The molecule has 4 rings (SSSR count). The Hall–Kier alpha value is -3.88.